The Morgan fingerprint density at radius 2 is 1.94 bits per heavy atom. The van der Waals surface area contributed by atoms with Gasteiger partial charge in [-0.15, -0.1) is 0 Å². The van der Waals surface area contributed by atoms with Crippen LogP contribution in [0.1, 0.15) is 12.5 Å². The summed E-state index contributed by atoms with van der Waals surface area (Å²) in [4.78, 5) is 28.6. The predicted octanol–water partition coefficient (Wildman–Crippen LogP) is 2.92. The van der Waals surface area contributed by atoms with E-state index in [2.05, 4.69) is 15.5 Å². The van der Waals surface area contributed by atoms with Gasteiger partial charge in [-0.05, 0) is 35.4 Å². The van der Waals surface area contributed by atoms with Gasteiger partial charge in [0.2, 0.25) is 5.91 Å². The van der Waals surface area contributed by atoms with Crippen LogP contribution < -0.4 is 15.5 Å². The number of cyclic esters (lactones) is 1. The molecule has 2 aliphatic heterocycles. The van der Waals surface area contributed by atoms with E-state index in [4.69, 9.17) is 11.3 Å². The van der Waals surface area contributed by atoms with Crippen LogP contribution in [0.2, 0.25) is 0 Å². The molecular weight excluding hydrogens is 411 g/mol. The third kappa shape index (κ3) is 3.21. The summed E-state index contributed by atoms with van der Waals surface area (Å²) >= 11 is 0. The Labute approximate surface area is 185 Å². The third-order valence-electron chi connectivity index (χ3n) is 6.79. The molecule has 2 amide bonds. The number of fused-ring (bicyclic) bond motifs is 1. The molecule has 2 N–H and O–H groups in total. The van der Waals surface area contributed by atoms with Crippen LogP contribution in [0.25, 0.3) is 16.0 Å². The number of hydrogen-bond donors (Lipinski definition) is 2. The smallest absolute Gasteiger partial charge is 0.414 e. The molecule has 0 bridgehead atoms. The summed E-state index contributed by atoms with van der Waals surface area (Å²) < 4.78 is 20.3. The molecule has 7 nitrogen and oxygen atoms in total. The summed E-state index contributed by atoms with van der Waals surface area (Å²) in [7, 11) is 0. The highest BCUT2D eigenvalue weighted by Crippen LogP contribution is 2.63. The number of benzene rings is 2. The molecule has 1 aliphatic carbocycles. The zero-order chi connectivity index (χ0) is 22.5. The molecule has 2 saturated heterocycles. The van der Waals surface area contributed by atoms with E-state index >= 15 is 4.39 Å². The second kappa shape index (κ2) is 7.61. The van der Waals surface area contributed by atoms with Gasteiger partial charge in [-0.25, -0.2) is 15.8 Å². The van der Waals surface area contributed by atoms with E-state index in [9.17, 15) is 9.59 Å². The van der Waals surface area contributed by atoms with Gasteiger partial charge in [0.15, 0.2) is 0 Å². The normalized spacial score (nSPS) is 28.1. The van der Waals surface area contributed by atoms with E-state index in [-0.39, 0.29) is 30.1 Å². The number of anilines is 1. The average Bonchev–Trinajstić information content (AvgIpc) is 3.11. The lowest BCUT2D eigenvalue weighted by Crippen LogP contribution is -2.33. The molecule has 1 unspecified atom stereocenters. The summed E-state index contributed by atoms with van der Waals surface area (Å²) in [5.41, 5.74) is 1.98. The predicted molar refractivity (Wildman–Crippen MR) is 116 cm³/mol. The summed E-state index contributed by atoms with van der Waals surface area (Å²) in [6.45, 7) is 11.2. The molecular formula is C24H23FN4O3. The second-order valence-electron chi connectivity index (χ2n) is 8.60. The first-order valence-corrected chi connectivity index (χ1v) is 10.7. The molecule has 32 heavy (non-hydrogen) atoms. The Morgan fingerprint density at radius 1 is 1.25 bits per heavy atom. The molecule has 2 heterocycles. The van der Waals surface area contributed by atoms with E-state index in [1.165, 1.54) is 17.9 Å². The fourth-order valence-corrected chi connectivity index (χ4v) is 5.09. The molecule has 0 radical (unpaired) electrons. The Bertz CT molecular complexity index is 1120. The van der Waals surface area contributed by atoms with E-state index in [1.54, 1.807) is 18.2 Å². The Balaban J connectivity index is 1.32. The number of piperidine rings is 1. The molecule has 3 fully saturated rings. The van der Waals surface area contributed by atoms with Crippen LogP contribution in [0.15, 0.2) is 42.5 Å². The zero-order valence-corrected chi connectivity index (χ0v) is 17.6. The van der Waals surface area contributed by atoms with Crippen molar-refractivity contribution in [3.8, 4) is 11.1 Å². The maximum atomic E-state index is 15.1. The van der Waals surface area contributed by atoms with Crippen molar-refractivity contribution in [1.82, 2.24) is 10.6 Å². The van der Waals surface area contributed by atoms with Crippen molar-refractivity contribution in [2.45, 2.75) is 18.6 Å². The van der Waals surface area contributed by atoms with E-state index in [0.29, 0.717) is 17.8 Å². The maximum Gasteiger partial charge on any atom is 0.414 e. The number of hydrogen-bond acceptors (Lipinski definition) is 4. The van der Waals surface area contributed by atoms with Gasteiger partial charge >= 0.3 is 6.09 Å². The van der Waals surface area contributed by atoms with Gasteiger partial charge in [0.25, 0.3) is 5.54 Å². The highest BCUT2D eigenvalue weighted by atomic mass is 19.1. The fourth-order valence-electron chi connectivity index (χ4n) is 5.09. The van der Waals surface area contributed by atoms with Gasteiger partial charge in [-0.1, -0.05) is 18.2 Å². The van der Waals surface area contributed by atoms with Gasteiger partial charge in [-0.2, -0.15) is 0 Å². The Morgan fingerprint density at radius 3 is 2.56 bits per heavy atom. The van der Waals surface area contributed by atoms with Crippen LogP contribution in [0.3, 0.4) is 0 Å². The first kappa shape index (κ1) is 20.5. The van der Waals surface area contributed by atoms with Crippen molar-refractivity contribution in [3.63, 3.8) is 0 Å². The average molecular weight is 434 g/mol. The zero-order valence-electron chi connectivity index (χ0n) is 17.6. The van der Waals surface area contributed by atoms with Crippen LogP contribution in [-0.2, 0) is 15.1 Å². The lowest BCUT2D eigenvalue weighted by Gasteiger charge is -2.15. The SMILES string of the molecule is [C-]#[N+]C1(c2ccc(-c3ccc(N4C[C@H](CNC(C)=O)OC4=O)cc3)cc2F)[C@@H]2CNC[C@@H]21. The number of carbonyl (C=O) groups is 2. The minimum absolute atomic E-state index is 0.175. The highest BCUT2D eigenvalue weighted by molar-refractivity contribution is 5.90. The first-order chi connectivity index (χ1) is 15.4. The number of halogens is 1. The number of nitrogens with one attached hydrogen (secondary N) is 2. The summed E-state index contributed by atoms with van der Waals surface area (Å²) in [5.74, 6) is -0.143. The topological polar surface area (TPSA) is 75.0 Å². The molecule has 164 valence electrons. The van der Waals surface area contributed by atoms with Crippen molar-refractivity contribution in [1.29, 1.82) is 0 Å². The summed E-state index contributed by atoms with van der Waals surface area (Å²) in [6, 6.07) is 12.3. The molecule has 5 rings (SSSR count). The van der Waals surface area contributed by atoms with Crippen molar-refractivity contribution in [2.24, 2.45) is 11.8 Å². The van der Waals surface area contributed by atoms with Crippen molar-refractivity contribution >= 4 is 17.7 Å². The maximum absolute atomic E-state index is 15.1. The Hall–Kier alpha value is -3.44. The first-order valence-electron chi connectivity index (χ1n) is 10.7. The summed E-state index contributed by atoms with van der Waals surface area (Å²) in [6.07, 6.45) is -0.864. The number of ether oxygens (including phenoxy) is 1. The summed E-state index contributed by atoms with van der Waals surface area (Å²) in [5, 5.41) is 5.91. The molecule has 0 aromatic heterocycles. The van der Waals surface area contributed by atoms with Crippen LogP contribution in [0.4, 0.5) is 14.9 Å². The monoisotopic (exact) mass is 434 g/mol. The van der Waals surface area contributed by atoms with Gasteiger partial charge in [0.05, 0.1) is 30.5 Å². The quantitative estimate of drug-likeness (QED) is 0.710. The molecule has 2 aromatic carbocycles. The van der Waals surface area contributed by atoms with Gasteiger partial charge in [0.1, 0.15) is 11.9 Å². The number of rotatable bonds is 5. The highest BCUT2D eigenvalue weighted by Gasteiger charge is 2.76. The van der Waals surface area contributed by atoms with Crippen LogP contribution in [0.5, 0.6) is 0 Å². The molecule has 3 aliphatic rings. The molecule has 0 spiro atoms. The molecule has 2 aromatic rings. The number of nitrogens with zero attached hydrogens (tertiary/aromatic N) is 2. The van der Waals surface area contributed by atoms with Gasteiger partial charge in [0, 0.05) is 25.7 Å². The largest absolute Gasteiger partial charge is 0.442 e. The standard InChI is InChI=1S/C24H23FN4O3/c1-14(30)28-10-18-13-29(23(31)32-18)17-6-3-15(4-7-17)16-5-8-19(22(25)9-16)24(26-2)20-11-27-12-21(20)24/h3-9,18,20-21,27H,10-13H2,1H3,(H,28,30)/t18-,20-,21+,24?/m0/s1. The lowest BCUT2D eigenvalue weighted by atomic mass is 9.96. The number of amides is 2. The third-order valence-corrected chi connectivity index (χ3v) is 6.79. The molecule has 4 atom stereocenters. The minimum Gasteiger partial charge on any atom is -0.442 e. The molecule has 8 heteroatoms. The van der Waals surface area contributed by atoms with E-state index in [1.807, 2.05) is 18.2 Å². The number of carbonyl (C=O) groups excluding carboxylic acids is 2. The van der Waals surface area contributed by atoms with Gasteiger partial charge < -0.3 is 20.2 Å². The minimum atomic E-state index is -0.721. The van der Waals surface area contributed by atoms with Gasteiger partial charge in [-0.3, -0.25) is 9.69 Å². The van der Waals surface area contributed by atoms with E-state index < -0.39 is 17.7 Å². The van der Waals surface area contributed by atoms with E-state index in [0.717, 1.165) is 24.2 Å². The Kier molecular flexibility index (Phi) is 4.86. The molecule has 1 saturated carbocycles. The van der Waals surface area contributed by atoms with Crippen molar-refractivity contribution < 1.29 is 18.7 Å². The van der Waals surface area contributed by atoms with Crippen molar-refractivity contribution in [2.75, 3.05) is 31.1 Å². The van der Waals surface area contributed by atoms with Crippen LogP contribution >= 0.6 is 0 Å². The fraction of sp³-hybridized carbons (Fsp3) is 0.375. The van der Waals surface area contributed by atoms with Crippen LogP contribution in [0, 0.1) is 24.2 Å². The van der Waals surface area contributed by atoms with Crippen molar-refractivity contribution in [3.05, 3.63) is 65.3 Å². The second-order valence-corrected chi connectivity index (χ2v) is 8.60. The van der Waals surface area contributed by atoms with Crippen LogP contribution in [-0.4, -0.2) is 44.3 Å². The lowest BCUT2D eigenvalue weighted by molar-refractivity contribution is -0.119.